The van der Waals surface area contributed by atoms with Crippen molar-refractivity contribution in [2.45, 2.75) is 0 Å². The molecule has 7 aromatic carbocycles. The van der Waals surface area contributed by atoms with Gasteiger partial charge < -0.3 is 0 Å². The molecule has 0 aliphatic rings. The van der Waals surface area contributed by atoms with Crippen molar-refractivity contribution >= 4 is 56.2 Å². The first kappa shape index (κ1) is 20.4. The van der Waals surface area contributed by atoms with E-state index in [-0.39, 0.29) is 0 Å². The summed E-state index contributed by atoms with van der Waals surface area (Å²) >= 11 is 0. The van der Waals surface area contributed by atoms with Gasteiger partial charge in [-0.2, -0.15) is 0 Å². The zero-order chi connectivity index (χ0) is 23.2. The Balaban J connectivity index is 1.53. The third-order valence-electron chi connectivity index (χ3n) is 6.99. The molecule has 0 fully saturated rings. The highest BCUT2D eigenvalue weighted by Crippen LogP contribution is 2.42. The van der Waals surface area contributed by atoms with E-state index in [9.17, 15) is 0 Å². The Labute approximate surface area is 206 Å². The monoisotopic (exact) mass is 462 g/mol. The quantitative estimate of drug-likeness (QED) is 0.184. The molecule has 0 aliphatic heterocycles. The van der Waals surface area contributed by atoms with Gasteiger partial charge in [0.05, 0.1) is 0 Å². The van der Waals surface area contributed by atoms with Gasteiger partial charge in [0, 0.05) is 0 Å². The highest BCUT2D eigenvalue weighted by Gasteiger charge is 2.21. The summed E-state index contributed by atoms with van der Waals surface area (Å²) in [5, 5.41) is 12.1. The second-order valence-electron chi connectivity index (χ2n) is 8.99. The predicted molar refractivity (Wildman–Crippen MR) is 154 cm³/mol. The van der Waals surface area contributed by atoms with E-state index in [1.165, 1.54) is 59.4 Å². The summed E-state index contributed by atoms with van der Waals surface area (Å²) < 4.78 is 0. The Morgan fingerprint density at radius 1 is 0.343 bits per heavy atom. The maximum Gasteiger partial charge on any atom is -0.00206 e. The summed E-state index contributed by atoms with van der Waals surface area (Å²) in [5.74, 6) is 0. The average molecular weight is 463 g/mol. The molecule has 0 N–H and O–H groups in total. The van der Waals surface area contributed by atoms with Gasteiger partial charge in [-0.25, -0.2) is 0 Å². The van der Waals surface area contributed by atoms with Crippen molar-refractivity contribution in [3.05, 3.63) is 140 Å². The molecule has 0 nitrogen and oxygen atoms in total. The fraction of sp³-hybridized carbons (Fsp3) is 0. The first-order valence-electron chi connectivity index (χ1n) is 12.0. The van der Waals surface area contributed by atoms with E-state index in [4.69, 9.17) is 0 Å². The van der Waals surface area contributed by atoms with Crippen LogP contribution in [0.2, 0.25) is 0 Å². The van der Waals surface area contributed by atoms with E-state index in [0.717, 1.165) is 0 Å². The van der Waals surface area contributed by atoms with Gasteiger partial charge in [0.15, 0.2) is 0 Å². The summed E-state index contributed by atoms with van der Waals surface area (Å²) in [6.07, 6.45) is 0. The Kier molecular flexibility index (Phi) is 4.86. The standard InChI is InChI=1S/C34H23P/c1-3-12-27(13-4-1)35(28-14-5-2-6-15-28)32-17-8-7-16-30(32)29-22-20-26-19-18-24-10-9-11-25-21-23-31(29)34(26)33(24)25/h1-23H. The minimum Gasteiger partial charge on any atom is -0.0622 e. The van der Waals surface area contributed by atoms with Crippen LogP contribution in [0.25, 0.3) is 43.4 Å². The van der Waals surface area contributed by atoms with Gasteiger partial charge in [-0.05, 0) is 67.3 Å². The second-order valence-corrected chi connectivity index (χ2v) is 11.2. The van der Waals surface area contributed by atoms with Crippen LogP contribution in [0, 0.1) is 0 Å². The Hall–Kier alpha value is -3.99. The maximum absolute atomic E-state index is 2.33. The lowest BCUT2D eigenvalue weighted by molar-refractivity contribution is 1.69. The van der Waals surface area contributed by atoms with Crippen LogP contribution in [-0.2, 0) is 0 Å². The zero-order valence-electron chi connectivity index (χ0n) is 19.2. The second kappa shape index (κ2) is 8.35. The fourth-order valence-electron chi connectivity index (χ4n) is 5.45. The molecule has 0 atom stereocenters. The first-order chi connectivity index (χ1) is 17.4. The summed E-state index contributed by atoms with van der Waals surface area (Å²) in [6, 6.07) is 51.3. The van der Waals surface area contributed by atoms with Crippen molar-refractivity contribution in [2.24, 2.45) is 0 Å². The molecule has 7 aromatic rings. The number of hydrogen-bond acceptors (Lipinski definition) is 0. The number of rotatable bonds is 4. The lowest BCUT2D eigenvalue weighted by Crippen LogP contribution is -2.22. The van der Waals surface area contributed by atoms with E-state index < -0.39 is 7.92 Å². The van der Waals surface area contributed by atoms with Crippen LogP contribution in [0.4, 0.5) is 0 Å². The summed E-state index contributed by atoms with van der Waals surface area (Å²) in [5.41, 5.74) is 2.63. The van der Waals surface area contributed by atoms with Crippen LogP contribution in [-0.4, -0.2) is 0 Å². The van der Waals surface area contributed by atoms with Crippen LogP contribution >= 0.6 is 7.92 Å². The molecule has 0 saturated heterocycles. The molecule has 7 rings (SSSR count). The molecular weight excluding hydrogens is 439 g/mol. The number of hydrogen-bond donors (Lipinski definition) is 0. The molecule has 0 spiro atoms. The largest absolute Gasteiger partial charge is 0.0622 e. The summed E-state index contributed by atoms with van der Waals surface area (Å²) in [7, 11) is -0.694. The van der Waals surface area contributed by atoms with Crippen LogP contribution < -0.4 is 15.9 Å². The highest BCUT2D eigenvalue weighted by molar-refractivity contribution is 7.80. The van der Waals surface area contributed by atoms with E-state index in [1.807, 2.05) is 0 Å². The molecule has 35 heavy (non-hydrogen) atoms. The van der Waals surface area contributed by atoms with E-state index in [1.54, 1.807) is 0 Å². The average Bonchev–Trinajstić information content (AvgIpc) is 2.93. The van der Waals surface area contributed by atoms with E-state index in [0.29, 0.717) is 0 Å². The fourth-order valence-corrected chi connectivity index (χ4v) is 7.91. The van der Waals surface area contributed by atoms with Gasteiger partial charge in [0.2, 0.25) is 0 Å². The molecule has 0 bridgehead atoms. The minimum absolute atomic E-state index is 0.694. The van der Waals surface area contributed by atoms with Crippen molar-refractivity contribution in [3.8, 4) is 11.1 Å². The molecule has 0 saturated carbocycles. The summed E-state index contributed by atoms with van der Waals surface area (Å²) in [6.45, 7) is 0. The zero-order valence-corrected chi connectivity index (χ0v) is 20.1. The van der Waals surface area contributed by atoms with Gasteiger partial charge in [-0.1, -0.05) is 140 Å². The normalized spacial score (nSPS) is 11.7. The molecular formula is C34H23P. The van der Waals surface area contributed by atoms with Crippen LogP contribution in [0.15, 0.2) is 140 Å². The lowest BCUT2D eigenvalue weighted by Gasteiger charge is -2.23. The van der Waals surface area contributed by atoms with Crippen LogP contribution in [0.3, 0.4) is 0 Å². The van der Waals surface area contributed by atoms with Crippen molar-refractivity contribution in [1.82, 2.24) is 0 Å². The molecule has 0 radical (unpaired) electrons. The van der Waals surface area contributed by atoms with Crippen molar-refractivity contribution in [2.75, 3.05) is 0 Å². The molecule has 0 amide bonds. The Bertz CT molecular complexity index is 1730. The summed E-state index contributed by atoms with van der Waals surface area (Å²) in [4.78, 5) is 0. The molecule has 0 unspecified atom stereocenters. The smallest absolute Gasteiger partial charge is 0.00206 e. The topological polar surface area (TPSA) is 0 Å². The van der Waals surface area contributed by atoms with E-state index >= 15 is 0 Å². The van der Waals surface area contributed by atoms with Crippen molar-refractivity contribution in [1.29, 1.82) is 0 Å². The molecule has 0 aliphatic carbocycles. The van der Waals surface area contributed by atoms with Crippen molar-refractivity contribution in [3.63, 3.8) is 0 Å². The van der Waals surface area contributed by atoms with Gasteiger partial charge >= 0.3 is 0 Å². The lowest BCUT2D eigenvalue weighted by atomic mass is 9.90. The third kappa shape index (κ3) is 3.34. The number of benzene rings is 7. The van der Waals surface area contributed by atoms with Crippen LogP contribution in [0.1, 0.15) is 0 Å². The Morgan fingerprint density at radius 3 is 1.57 bits per heavy atom. The molecule has 0 heterocycles. The van der Waals surface area contributed by atoms with E-state index in [2.05, 4.69) is 140 Å². The van der Waals surface area contributed by atoms with Crippen LogP contribution in [0.5, 0.6) is 0 Å². The molecule has 0 aromatic heterocycles. The highest BCUT2D eigenvalue weighted by atomic mass is 31.1. The van der Waals surface area contributed by atoms with Gasteiger partial charge in [-0.15, -0.1) is 0 Å². The Morgan fingerprint density at radius 2 is 0.886 bits per heavy atom. The van der Waals surface area contributed by atoms with Gasteiger partial charge in [0.25, 0.3) is 0 Å². The maximum atomic E-state index is 2.33. The third-order valence-corrected chi connectivity index (χ3v) is 9.49. The SMILES string of the molecule is c1ccc(P(c2ccccc2)c2ccccc2-c2ccc3ccc4cccc5ccc2c3c45)cc1. The van der Waals surface area contributed by atoms with Gasteiger partial charge in [-0.3, -0.25) is 0 Å². The molecule has 1 heteroatoms. The molecule has 164 valence electrons. The van der Waals surface area contributed by atoms with Gasteiger partial charge in [0.1, 0.15) is 0 Å². The predicted octanol–water partition coefficient (Wildman–Crippen LogP) is 8.01. The first-order valence-corrected chi connectivity index (χ1v) is 13.4. The van der Waals surface area contributed by atoms with Crippen molar-refractivity contribution < 1.29 is 0 Å². The minimum atomic E-state index is -0.694.